The van der Waals surface area contributed by atoms with Crippen molar-refractivity contribution in [3.05, 3.63) is 41.4 Å². The number of aliphatic carboxylic acids is 1. The third-order valence-electron chi connectivity index (χ3n) is 7.54. The molecule has 1 N–H and O–H groups in total. The number of aromatic nitrogens is 3. The van der Waals surface area contributed by atoms with E-state index in [4.69, 9.17) is 14.1 Å². The fourth-order valence-corrected chi connectivity index (χ4v) is 5.72. The molecule has 0 radical (unpaired) electrons. The highest BCUT2D eigenvalue weighted by Gasteiger charge is 2.33. The third kappa shape index (κ3) is 4.28. The summed E-state index contributed by atoms with van der Waals surface area (Å²) in [6, 6.07) is 4.30. The van der Waals surface area contributed by atoms with E-state index in [0.29, 0.717) is 31.6 Å². The lowest BCUT2D eigenvalue weighted by Gasteiger charge is -2.34. The average Bonchev–Trinajstić information content (AvgIpc) is 3.45. The number of imidazole rings is 1. The van der Waals surface area contributed by atoms with Gasteiger partial charge in [-0.2, -0.15) is 0 Å². The van der Waals surface area contributed by atoms with Crippen molar-refractivity contribution in [1.29, 1.82) is 0 Å². The van der Waals surface area contributed by atoms with Crippen LogP contribution < -0.4 is 4.90 Å². The van der Waals surface area contributed by atoms with Crippen LogP contribution in [0.25, 0.3) is 11.0 Å². The zero-order valence-electron chi connectivity index (χ0n) is 20.5. The molecule has 1 aliphatic heterocycles. The minimum absolute atomic E-state index is 0.0496. The Hall–Kier alpha value is -3.36. The summed E-state index contributed by atoms with van der Waals surface area (Å²) < 4.78 is 13.1. The summed E-state index contributed by atoms with van der Waals surface area (Å²) in [6.07, 6.45) is 7.27. The van der Waals surface area contributed by atoms with Crippen LogP contribution in [-0.2, 0) is 28.8 Å². The largest absolute Gasteiger partial charge is 0.481 e. The second kappa shape index (κ2) is 9.36. The lowest BCUT2D eigenvalue weighted by atomic mass is 9.85. The molecule has 1 fully saturated rings. The maximum Gasteiger partial charge on any atom is 0.414 e. The van der Waals surface area contributed by atoms with Crippen molar-refractivity contribution in [2.45, 2.75) is 77.3 Å². The van der Waals surface area contributed by atoms with Crippen molar-refractivity contribution in [3.8, 4) is 0 Å². The molecule has 1 aliphatic carbocycles. The van der Waals surface area contributed by atoms with Crippen molar-refractivity contribution < 1.29 is 23.8 Å². The van der Waals surface area contributed by atoms with E-state index in [1.807, 2.05) is 19.9 Å². The first-order valence-corrected chi connectivity index (χ1v) is 12.4. The number of fused-ring (bicyclic) bond motifs is 3. The summed E-state index contributed by atoms with van der Waals surface area (Å²) in [6.45, 7) is 3.92. The van der Waals surface area contributed by atoms with Gasteiger partial charge in [-0.1, -0.05) is 0 Å². The van der Waals surface area contributed by atoms with Crippen molar-refractivity contribution in [2.24, 2.45) is 5.92 Å². The Morgan fingerprint density at radius 2 is 1.94 bits per heavy atom. The molecule has 1 atom stereocenters. The van der Waals surface area contributed by atoms with Crippen molar-refractivity contribution in [2.75, 3.05) is 12.0 Å². The van der Waals surface area contributed by atoms with E-state index in [9.17, 15) is 14.7 Å². The fourth-order valence-electron chi connectivity index (χ4n) is 5.72. The Balaban J connectivity index is 1.56. The minimum Gasteiger partial charge on any atom is -0.481 e. The smallest absolute Gasteiger partial charge is 0.414 e. The van der Waals surface area contributed by atoms with Crippen LogP contribution in [0.3, 0.4) is 0 Å². The normalized spacial score (nSPS) is 22.3. The maximum absolute atomic E-state index is 12.6. The van der Waals surface area contributed by atoms with Gasteiger partial charge in [0.2, 0.25) is 0 Å². The number of rotatable bonds is 5. The molecule has 0 spiro atoms. The number of methoxy groups -OCH3 is 1. The van der Waals surface area contributed by atoms with Gasteiger partial charge in [-0.05, 0) is 64.5 Å². The lowest BCUT2D eigenvalue weighted by molar-refractivity contribution is -0.143. The van der Waals surface area contributed by atoms with Crippen LogP contribution >= 0.6 is 0 Å². The number of benzene rings is 1. The van der Waals surface area contributed by atoms with Gasteiger partial charge in [-0.25, -0.2) is 14.8 Å². The molecule has 2 aromatic heterocycles. The topological polar surface area (TPSA) is 111 Å². The Morgan fingerprint density at radius 3 is 2.60 bits per heavy atom. The van der Waals surface area contributed by atoms with E-state index in [-0.39, 0.29) is 24.1 Å². The van der Waals surface area contributed by atoms with Crippen LogP contribution in [-0.4, -0.2) is 44.9 Å². The predicted molar refractivity (Wildman–Crippen MR) is 130 cm³/mol. The van der Waals surface area contributed by atoms with Crippen LogP contribution in [0.5, 0.6) is 0 Å². The standard InChI is InChI=1S/C26H32N4O5/c1-15-4-9-19-20(29(15)26(33)34-3)10-11-21-24(19)28-22(12-13-23-27-14-16(2)35-23)30(21)18-7-5-17(6-8-18)25(31)32/h10-11,14-15,17-18H,4-9,12-13H2,1-3H3,(H,31,32). The van der Waals surface area contributed by atoms with Crippen LogP contribution in [0.1, 0.15) is 68.1 Å². The monoisotopic (exact) mass is 480 g/mol. The fraction of sp³-hybridized carbons (Fsp3) is 0.538. The first-order chi connectivity index (χ1) is 16.9. The number of carbonyl (C=O) groups excluding carboxylic acids is 1. The van der Waals surface area contributed by atoms with E-state index in [2.05, 4.69) is 15.6 Å². The molecule has 9 heteroatoms. The number of nitrogens with zero attached hydrogens (tertiary/aromatic N) is 4. The Kier molecular flexibility index (Phi) is 6.25. The van der Waals surface area contributed by atoms with E-state index in [1.165, 1.54) is 7.11 Å². The summed E-state index contributed by atoms with van der Waals surface area (Å²) in [5.41, 5.74) is 3.89. The van der Waals surface area contributed by atoms with Crippen LogP contribution in [0, 0.1) is 12.8 Å². The molecule has 3 heterocycles. The van der Waals surface area contributed by atoms with Gasteiger partial charge in [0, 0.05) is 30.5 Å². The van der Waals surface area contributed by atoms with Crippen molar-refractivity contribution >= 4 is 28.8 Å². The van der Waals surface area contributed by atoms with Gasteiger partial charge < -0.3 is 18.8 Å². The molecule has 1 amide bonds. The highest BCUT2D eigenvalue weighted by molar-refractivity contribution is 5.95. The Morgan fingerprint density at radius 1 is 1.17 bits per heavy atom. The second-order valence-electron chi connectivity index (χ2n) is 9.77. The Labute approximate surface area is 204 Å². The molecule has 0 bridgehead atoms. The van der Waals surface area contributed by atoms with Gasteiger partial charge in [0.15, 0.2) is 5.89 Å². The zero-order valence-corrected chi connectivity index (χ0v) is 20.5. The lowest BCUT2D eigenvalue weighted by Crippen LogP contribution is -2.42. The third-order valence-corrected chi connectivity index (χ3v) is 7.54. The molecule has 3 aromatic rings. The number of carboxylic acids is 1. The molecule has 5 rings (SSSR count). The number of anilines is 1. The van der Waals surface area contributed by atoms with Gasteiger partial charge >= 0.3 is 12.1 Å². The summed E-state index contributed by atoms with van der Waals surface area (Å²) in [7, 11) is 1.41. The minimum atomic E-state index is -0.704. The molecule has 0 saturated heterocycles. The molecule has 186 valence electrons. The van der Waals surface area contributed by atoms with Gasteiger partial charge in [0.1, 0.15) is 11.6 Å². The van der Waals surface area contributed by atoms with Crippen molar-refractivity contribution in [1.82, 2.24) is 14.5 Å². The number of aryl methyl sites for hydroxylation is 4. The highest BCUT2D eigenvalue weighted by Crippen LogP contribution is 2.40. The van der Waals surface area contributed by atoms with Gasteiger partial charge in [0.25, 0.3) is 0 Å². The number of oxazole rings is 1. The molecule has 35 heavy (non-hydrogen) atoms. The molecule has 1 aromatic carbocycles. The molecule has 1 unspecified atom stereocenters. The predicted octanol–water partition coefficient (Wildman–Crippen LogP) is 4.84. The SMILES string of the molecule is COC(=O)N1c2ccc3c(nc(CCc4ncc(C)o4)n3C3CCC(C(=O)O)CC3)c2CCC1C. The molecular weight excluding hydrogens is 448 g/mol. The van der Waals surface area contributed by atoms with Gasteiger partial charge in [-0.3, -0.25) is 9.69 Å². The maximum atomic E-state index is 12.6. The number of amides is 1. The van der Waals surface area contributed by atoms with Gasteiger partial charge in [-0.15, -0.1) is 0 Å². The number of carbonyl (C=O) groups is 2. The molecule has 2 aliphatic rings. The highest BCUT2D eigenvalue weighted by atomic mass is 16.5. The quantitative estimate of drug-likeness (QED) is 0.556. The molecular formula is C26H32N4O5. The first-order valence-electron chi connectivity index (χ1n) is 12.4. The van der Waals surface area contributed by atoms with E-state index >= 15 is 0 Å². The summed E-state index contributed by atoms with van der Waals surface area (Å²) >= 11 is 0. The second-order valence-corrected chi connectivity index (χ2v) is 9.77. The number of hydrogen-bond donors (Lipinski definition) is 1. The molecule has 9 nitrogen and oxygen atoms in total. The Bertz CT molecular complexity index is 1250. The summed E-state index contributed by atoms with van der Waals surface area (Å²) in [5.74, 6) is 1.44. The average molecular weight is 481 g/mol. The summed E-state index contributed by atoms with van der Waals surface area (Å²) in [5, 5.41) is 9.46. The number of hydrogen-bond acceptors (Lipinski definition) is 6. The zero-order chi connectivity index (χ0) is 24.7. The number of ether oxygens (including phenoxy) is 1. The van der Waals surface area contributed by atoms with E-state index in [0.717, 1.165) is 59.6 Å². The van der Waals surface area contributed by atoms with Crippen LogP contribution in [0.4, 0.5) is 10.5 Å². The van der Waals surface area contributed by atoms with Crippen molar-refractivity contribution in [3.63, 3.8) is 0 Å². The van der Waals surface area contributed by atoms with E-state index < -0.39 is 5.97 Å². The van der Waals surface area contributed by atoms with Crippen LogP contribution in [0.15, 0.2) is 22.7 Å². The van der Waals surface area contributed by atoms with Crippen LogP contribution in [0.2, 0.25) is 0 Å². The molecule has 1 saturated carbocycles. The first kappa shape index (κ1) is 23.4. The number of carboxylic acid groups (broad SMARTS) is 1. The summed E-state index contributed by atoms with van der Waals surface area (Å²) in [4.78, 5) is 35.3. The van der Waals surface area contributed by atoms with Gasteiger partial charge in [0.05, 0.1) is 35.9 Å². The van der Waals surface area contributed by atoms with E-state index in [1.54, 1.807) is 11.1 Å².